The van der Waals surface area contributed by atoms with E-state index in [4.69, 9.17) is 4.42 Å². The molecule has 1 amide bonds. The Morgan fingerprint density at radius 2 is 2.13 bits per heavy atom. The van der Waals surface area contributed by atoms with Gasteiger partial charge in [0.15, 0.2) is 0 Å². The molecule has 3 heterocycles. The van der Waals surface area contributed by atoms with Crippen LogP contribution in [0.5, 0.6) is 0 Å². The number of amides is 1. The first-order valence-corrected chi connectivity index (χ1v) is 8.87. The predicted octanol–water partition coefficient (Wildman–Crippen LogP) is 3.10. The predicted molar refractivity (Wildman–Crippen MR) is 90.6 cm³/mol. The summed E-state index contributed by atoms with van der Waals surface area (Å²) in [6.45, 7) is 2.79. The number of aromatic nitrogens is 1. The molecule has 0 aliphatic heterocycles. The van der Waals surface area contributed by atoms with Crippen LogP contribution in [0, 0.1) is 6.92 Å². The fourth-order valence-electron chi connectivity index (χ4n) is 2.24. The molecular formula is C16H16N2O3S2. The number of aryl methyl sites for hydroxylation is 1. The van der Waals surface area contributed by atoms with Crippen LogP contribution in [0.25, 0.3) is 0 Å². The Hall–Kier alpha value is -2.12. The van der Waals surface area contributed by atoms with Crippen LogP contribution in [0.1, 0.15) is 16.3 Å². The van der Waals surface area contributed by atoms with Crippen LogP contribution in [0.2, 0.25) is 0 Å². The van der Waals surface area contributed by atoms with E-state index in [0.717, 1.165) is 27.7 Å². The Labute approximate surface area is 141 Å². The van der Waals surface area contributed by atoms with E-state index in [1.165, 1.54) is 4.57 Å². The molecule has 3 aromatic rings. The van der Waals surface area contributed by atoms with Crippen LogP contribution in [0.15, 0.2) is 50.5 Å². The molecule has 5 nitrogen and oxygen atoms in total. The highest BCUT2D eigenvalue weighted by molar-refractivity contribution is 7.09. The molecule has 0 spiro atoms. The van der Waals surface area contributed by atoms with Gasteiger partial charge in [-0.25, -0.2) is 0 Å². The summed E-state index contributed by atoms with van der Waals surface area (Å²) in [6, 6.07) is 7.60. The van der Waals surface area contributed by atoms with Gasteiger partial charge in [0.2, 0.25) is 5.91 Å². The lowest BCUT2D eigenvalue weighted by atomic mass is 10.3. The van der Waals surface area contributed by atoms with Gasteiger partial charge >= 0.3 is 4.87 Å². The van der Waals surface area contributed by atoms with Crippen molar-refractivity contribution in [3.8, 4) is 0 Å². The normalized spacial score (nSPS) is 10.8. The van der Waals surface area contributed by atoms with Gasteiger partial charge < -0.3 is 9.32 Å². The second kappa shape index (κ2) is 6.97. The zero-order chi connectivity index (χ0) is 16.2. The molecule has 120 valence electrons. The van der Waals surface area contributed by atoms with Gasteiger partial charge in [-0.05, 0) is 30.5 Å². The Morgan fingerprint density at radius 1 is 1.26 bits per heavy atom. The smallest absolute Gasteiger partial charge is 0.307 e. The van der Waals surface area contributed by atoms with Gasteiger partial charge in [-0.3, -0.25) is 14.2 Å². The molecule has 0 aliphatic rings. The first-order chi connectivity index (χ1) is 11.1. The summed E-state index contributed by atoms with van der Waals surface area (Å²) in [5.41, 5.74) is 0.808. The number of hydrogen-bond acceptors (Lipinski definition) is 5. The summed E-state index contributed by atoms with van der Waals surface area (Å²) in [7, 11) is 0. The standard InChI is InChI=1S/C16H16N2O3S2/c1-12-11-23-16(20)18(12)10-15(19)17(8-13-4-2-6-21-13)9-14-5-3-7-22-14/h2-7,11H,8-10H2,1H3. The monoisotopic (exact) mass is 348 g/mol. The van der Waals surface area contributed by atoms with Crippen molar-refractivity contribution in [3.63, 3.8) is 0 Å². The van der Waals surface area contributed by atoms with E-state index in [1.54, 1.807) is 33.9 Å². The van der Waals surface area contributed by atoms with Gasteiger partial charge in [-0.2, -0.15) is 0 Å². The average molecular weight is 348 g/mol. The molecule has 0 N–H and O–H groups in total. The molecule has 0 saturated heterocycles. The van der Waals surface area contributed by atoms with Gasteiger partial charge in [-0.15, -0.1) is 11.3 Å². The number of hydrogen-bond donors (Lipinski definition) is 0. The van der Waals surface area contributed by atoms with Crippen LogP contribution in [0.4, 0.5) is 0 Å². The Morgan fingerprint density at radius 3 is 2.74 bits per heavy atom. The summed E-state index contributed by atoms with van der Waals surface area (Å²) in [4.78, 5) is 27.2. The van der Waals surface area contributed by atoms with Gasteiger partial charge in [0, 0.05) is 16.0 Å². The third-order valence-corrected chi connectivity index (χ3v) is 5.22. The molecule has 0 aliphatic carbocycles. The Kier molecular flexibility index (Phi) is 4.78. The van der Waals surface area contributed by atoms with Crippen LogP contribution < -0.4 is 4.87 Å². The number of thiazole rings is 1. The Balaban J connectivity index is 1.78. The first-order valence-electron chi connectivity index (χ1n) is 7.11. The van der Waals surface area contributed by atoms with Gasteiger partial charge in [0.05, 0.1) is 19.4 Å². The highest BCUT2D eigenvalue weighted by Crippen LogP contribution is 2.15. The fraction of sp³-hybridized carbons (Fsp3) is 0.250. The second-order valence-electron chi connectivity index (χ2n) is 5.14. The number of rotatable bonds is 6. The molecule has 0 aromatic carbocycles. The number of nitrogens with zero attached hydrogens (tertiary/aromatic N) is 2. The SMILES string of the molecule is Cc1csc(=O)n1CC(=O)N(Cc1ccco1)Cc1cccs1. The van der Waals surface area contributed by atoms with Crippen molar-refractivity contribution in [2.24, 2.45) is 0 Å². The summed E-state index contributed by atoms with van der Waals surface area (Å²) < 4.78 is 6.87. The summed E-state index contributed by atoms with van der Waals surface area (Å²) in [6.07, 6.45) is 1.59. The maximum absolute atomic E-state index is 12.7. The maximum Gasteiger partial charge on any atom is 0.307 e. The minimum atomic E-state index is -0.107. The molecule has 23 heavy (non-hydrogen) atoms. The third-order valence-electron chi connectivity index (χ3n) is 3.48. The molecule has 3 rings (SSSR count). The van der Waals surface area contributed by atoms with E-state index in [2.05, 4.69) is 0 Å². The molecule has 0 atom stereocenters. The molecule has 0 radical (unpaired) electrons. The Bertz CT molecular complexity index is 780. The summed E-state index contributed by atoms with van der Waals surface area (Å²) in [5, 5.41) is 3.75. The van der Waals surface area contributed by atoms with Crippen LogP contribution >= 0.6 is 22.7 Å². The number of thiophene rings is 1. The van der Waals surface area contributed by atoms with Crippen molar-refractivity contribution in [2.75, 3.05) is 0 Å². The summed E-state index contributed by atoms with van der Waals surface area (Å²) in [5.74, 6) is 0.627. The van der Waals surface area contributed by atoms with Crippen LogP contribution in [-0.4, -0.2) is 15.4 Å². The number of carbonyl (C=O) groups is 1. The largest absolute Gasteiger partial charge is 0.467 e. The lowest BCUT2D eigenvalue weighted by Gasteiger charge is -2.21. The zero-order valence-electron chi connectivity index (χ0n) is 12.6. The minimum Gasteiger partial charge on any atom is -0.467 e. The molecule has 3 aromatic heterocycles. The van der Waals surface area contributed by atoms with Gasteiger partial charge in [0.1, 0.15) is 12.3 Å². The maximum atomic E-state index is 12.7. The molecule has 0 bridgehead atoms. The van der Waals surface area contributed by atoms with E-state index in [1.807, 2.05) is 30.5 Å². The number of furan rings is 1. The first kappa shape index (κ1) is 15.8. The van der Waals surface area contributed by atoms with Gasteiger partial charge in [-0.1, -0.05) is 17.4 Å². The van der Waals surface area contributed by atoms with Crippen molar-refractivity contribution >= 4 is 28.6 Å². The average Bonchev–Trinajstić information content (AvgIpc) is 3.26. The van der Waals surface area contributed by atoms with E-state index in [0.29, 0.717) is 13.1 Å². The zero-order valence-corrected chi connectivity index (χ0v) is 14.2. The lowest BCUT2D eigenvalue weighted by molar-refractivity contribution is -0.133. The van der Waals surface area contributed by atoms with Crippen molar-refractivity contribution in [1.29, 1.82) is 0 Å². The van der Waals surface area contributed by atoms with Crippen molar-refractivity contribution in [1.82, 2.24) is 9.47 Å². The summed E-state index contributed by atoms with van der Waals surface area (Å²) >= 11 is 2.72. The minimum absolute atomic E-state index is 0.0558. The molecule has 0 unspecified atom stereocenters. The van der Waals surface area contributed by atoms with E-state index >= 15 is 0 Å². The molecule has 0 fully saturated rings. The second-order valence-corrected chi connectivity index (χ2v) is 6.99. The van der Waals surface area contributed by atoms with E-state index in [9.17, 15) is 9.59 Å². The van der Waals surface area contributed by atoms with E-state index in [-0.39, 0.29) is 17.3 Å². The highest BCUT2D eigenvalue weighted by atomic mass is 32.1. The molecular weight excluding hydrogens is 332 g/mol. The van der Waals surface area contributed by atoms with Gasteiger partial charge in [0.25, 0.3) is 0 Å². The van der Waals surface area contributed by atoms with Crippen LogP contribution in [-0.2, 0) is 24.4 Å². The third kappa shape index (κ3) is 3.80. The highest BCUT2D eigenvalue weighted by Gasteiger charge is 2.18. The topological polar surface area (TPSA) is 55.5 Å². The van der Waals surface area contributed by atoms with Crippen molar-refractivity contribution in [2.45, 2.75) is 26.6 Å². The fourth-order valence-corrected chi connectivity index (χ4v) is 3.70. The lowest BCUT2D eigenvalue weighted by Crippen LogP contribution is -2.34. The molecule has 7 heteroatoms. The molecule has 0 saturated carbocycles. The van der Waals surface area contributed by atoms with Crippen molar-refractivity contribution in [3.05, 3.63) is 67.3 Å². The number of carbonyl (C=O) groups excluding carboxylic acids is 1. The van der Waals surface area contributed by atoms with Crippen LogP contribution in [0.3, 0.4) is 0 Å². The van der Waals surface area contributed by atoms with E-state index < -0.39 is 0 Å². The van der Waals surface area contributed by atoms with Crippen molar-refractivity contribution < 1.29 is 9.21 Å². The quantitative estimate of drug-likeness (QED) is 0.688.